The molecule has 3 aromatic rings. The normalized spacial score (nSPS) is 10.7. The Kier molecular flexibility index (Phi) is 10.9. The van der Waals surface area contributed by atoms with Crippen molar-refractivity contribution >= 4 is 23.4 Å². The number of hydrogen-bond acceptors (Lipinski definition) is 6. The zero-order valence-electron chi connectivity index (χ0n) is 21.4. The monoisotopic (exact) mass is 528 g/mol. The lowest BCUT2D eigenvalue weighted by Gasteiger charge is -2.27. The van der Waals surface area contributed by atoms with Gasteiger partial charge in [0.05, 0.1) is 27.0 Å². The highest BCUT2D eigenvalue weighted by atomic mass is 35.5. The van der Waals surface area contributed by atoms with Gasteiger partial charge in [-0.25, -0.2) is 0 Å². The van der Waals surface area contributed by atoms with E-state index in [2.05, 4.69) is 0 Å². The summed E-state index contributed by atoms with van der Waals surface area (Å²) >= 11 is 5.99. The highest BCUT2D eigenvalue weighted by molar-refractivity contribution is 6.30. The molecule has 1 heterocycles. The molecule has 0 saturated carbocycles. The first kappa shape index (κ1) is 28.1. The minimum absolute atomic E-state index is 0.0716. The maximum atomic E-state index is 13.5. The number of rotatable bonds is 14. The first-order valence-electron chi connectivity index (χ1n) is 12.0. The fraction of sp³-hybridized carbons (Fsp3) is 0.357. The topological polar surface area (TPSA) is 81.5 Å². The summed E-state index contributed by atoms with van der Waals surface area (Å²) in [5.41, 5.74) is 1.46. The lowest BCUT2D eigenvalue weighted by molar-refractivity contribution is -0.132. The predicted molar refractivity (Wildman–Crippen MR) is 141 cm³/mol. The average Bonchev–Trinajstić information content (AvgIpc) is 3.43. The second-order valence-electron chi connectivity index (χ2n) is 8.41. The van der Waals surface area contributed by atoms with E-state index < -0.39 is 0 Å². The number of nitrogens with zero attached hydrogens (tertiary/aromatic N) is 2. The van der Waals surface area contributed by atoms with Crippen molar-refractivity contribution < 1.29 is 28.2 Å². The molecule has 0 N–H and O–H groups in total. The number of methoxy groups -OCH3 is 3. The third-order valence-corrected chi connectivity index (χ3v) is 6.13. The van der Waals surface area contributed by atoms with Gasteiger partial charge in [0.25, 0.3) is 5.91 Å². The van der Waals surface area contributed by atoms with Crippen LogP contribution < -0.4 is 9.47 Å². The highest BCUT2D eigenvalue weighted by Crippen LogP contribution is 2.28. The fourth-order valence-corrected chi connectivity index (χ4v) is 4.00. The van der Waals surface area contributed by atoms with Gasteiger partial charge < -0.3 is 28.4 Å². The number of amides is 2. The molecule has 0 bridgehead atoms. The van der Waals surface area contributed by atoms with Gasteiger partial charge in [-0.1, -0.05) is 17.7 Å². The summed E-state index contributed by atoms with van der Waals surface area (Å²) in [6.45, 7) is 1.51. The quantitative estimate of drug-likeness (QED) is 0.282. The van der Waals surface area contributed by atoms with Gasteiger partial charge in [0, 0.05) is 37.4 Å². The van der Waals surface area contributed by atoms with E-state index in [9.17, 15) is 9.59 Å². The molecule has 9 heteroatoms. The van der Waals surface area contributed by atoms with E-state index >= 15 is 0 Å². The van der Waals surface area contributed by atoms with E-state index in [0.717, 1.165) is 5.56 Å². The molecule has 0 radical (unpaired) electrons. The number of benzene rings is 2. The molecule has 37 heavy (non-hydrogen) atoms. The minimum atomic E-state index is -0.237. The number of furan rings is 1. The van der Waals surface area contributed by atoms with Gasteiger partial charge in [-0.15, -0.1) is 0 Å². The molecule has 0 spiro atoms. The van der Waals surface area contributed by atoms with E-state index in [1.54, 1.807) is 67.7 Å². The van der Waals surface area contributed by atoms with Crippen LogP contribution in [-0.2, 0) is 22.5 Å². The van der Waals surface area contributed by atoms with Crippen molar-refractivity contribution in [2.24, 2.45) is 0 Å². The molecular formula is C28H33ClN2O6. The number of carbonyl (C=O) groups is 2. The van der Waals surface area contributed by atoms with Crippen LogP contribution >= 0.6 is 11.6 Å². The molecule has 0 aliphatic rings. The van der Waals surface area contributed by atoms with Gasteiger partial charge in [0.15, 0.2) is 11.5 Å². The molecule has 8 nitrogen and oxygen atoms in total. The van der Waals surface area contributed by atoms with Crippen molar-refractivity contribution in [3.05, 3.63) is 82.8 Å². The lowest BCUT2D eigenvalue weighted by Crippen LogP contribution is -2.44. The summed E-state index contributed by atoms with van der Waals surface area (Å²) in [6.07, 6.45) is 2.77. The van der Waals surface area contributed by atoms with Crippen molar-refractivity contribution in [3.63, 3.8) is 0 Å². The molecule has 2 aromatic carbocycles. The maximum absolute atomic E-state index is 13.5. The Hall–Kier alpha value is -3.49. The second kappa shape index (κ2) is 14.3. The zero-order chi connectivity index (χ0) is 26.6. The molecule has 0 atom stereocenters. The van der Waals surface area contributed by atoms with E-state index in [4.69, 9.17) is 30.2 Å². The maximum Gasteiger partial charge on any atom is 0.254 e. The Morgan fingerprint density at radius 1 is 0.919 bits per heavy atom. The second-order valence-corrected chi connectivity index (χ2v) is 8.85. The molecule has 0 aliphatic heterocycles. The smallest absolute Gasteiger partial charge is 0.254 e. The number of ether oxygens (including phenoxy) is 3. The molecule has 0 aliphatic carbocycles. The minimum Gasteiger partial charge on any atom is -0.493 e. The van der Waals surface area contributed by atoms with E-state index in [0.29, 0.717) is 66.9 Å². The zero-order valence-corrected chi connectivity index (χ0v) is 22.2. The Bertz CT molecular complexity index is 1130. The number of halogens is 1. The van der Waals surface area contributed by atoms with Gasteiger partial charge in [-0.05, 0) is 66.9 Å². The molecule has 3 rings (SSSR count). The van der Waals surface area contributed by atoms with Crippen molar-refractivity contribution in [1.29, 1.82) is 0 Å². The van der Waals surface area contributed by atoms with Crippen molar-refractivity contribution in [2.45, 2.75) is 19.4 Å². The third kappa shape index (κ3) is 8.27. The van der Waals surface area contributed by atoms with Crippen LogP contribution in [0.15, 0.2) is 65.3 Å². The largest absolute Gasteiger partial charge is 0.493 e. The predicted octanol–water partition coefficient (Wildman–Crippen LogP) is 4.70. The Morgan fingerprint density at radius 2 is 1.68 bits per heavy atom. The van der Waals surface area contributed by atoms with E-state index in [-0.39, 0.29) is 18.4 Å². The molecule has 0 fully saturated rings. The highest BCUT2D eigenvalue weighted by Gasteiger charge is 2.23. The van der Waals surface area contributed by atoms with Gasteiger partial charge in [0.2, 0.25) is 5.91 Å². The molecule has 198 valence electrons. The number of hydrogen-bond donors (Lipinski definition) is 0. The van der Waals surface area contributed by atoms with Crippen LogP contribution in [0.2, 0.25) is 5.02 Å². The summed E-state index contributed by atoms with van der Waals surface area (Å²) in [5, 5.41) is 0.540. The van der Waals surface area contributed by atoms with Gasteiger partial charge in [0.1, 0.15) is 12.3 Å². The van der Waals surface area contributed by atoms with Crippen molar-refractivity contribution in [2.75, 3.05) is 47.6 Å². The number of carbonyl (C=O) groups excluding carboxylic acids is 2. The first-order chi connectivity index (χ1) is 17.9. The van der Waals surface area contributed by atoms with Gasteiger partial charge in [-0.2, -0.15) is 0 Å². The standard InChI is InChI=1S/C28H33ClN2O6/c1-34-16-5-14-31(28(33)22-8-10-23(29)11-9-22)20-27(32)30(19-24-6-4-17-37-24)15-13-21-7-12-25(35-2)26(18-21)36-3/h4,6-12,17-18H,5,13-16,19-20H2,1-3H3. The third-order valence-electron chi connectivity index (χ3n) is 5.88. The summed E-state index contributed by atoms with van der Waals surface area (Å²) in [5.74, 6) is 1.51. The van der Waals surface area contributed by atoms with Gasteiger partial charge >= 0.3 is 0 Å². The average molecular weight is 529 g/mol. The lowest BCUT2D eigenvalue weighted by atomic mass is 10.1. The van der Waals surface area contributed by atoms with Gasteiger partial charge in [-0.3, -0.25) is 9.59 Å². The SMILES string of the molecule is COCCCN(CC(=O)N(CCc1ccc(OC)c(OC)c1)Cc1ccco1)C(=O)c1ccc(Cl)cc1. The summed E-state index contributed by atoms with van der Waals surface area (Å²) in [6, 6.07) is 15.9. The molecule has 1 aromatic heterocycles. The van der Waals surface area contributed by atoms with Crippen LogP contribution in [0, 0.1) is 0 Å². The van der Waals surface area contributed by atoms with Crippen LogP contribution in [0.1, 0.15) is 28.1 Å². The molecule has 0 unspecified atom stereocenters. The molecular weight excluding hydrogens is 496 g/mol. The molecule has 0 saturated heterocycles. The van der Waals surface area contributed by atoms with Crippen LogP contribution in [0.25, 0.3) is 0 Å². The Morgan fingerprint density at radius 3 is 2.32 bits per heavy atom. The summed E-state index contributed by atoms with van der Waals surface area (Å²) < 4.78 is 21.4. The van der Waals surface area contributed by atoms with Crippen LogP contribution in [0.3, 0.4) is 0 Å². The van der Waals surface area contributed by atoms with Crippen LogP contribution in [-0.4, -0.2) is 69.2 Å². The Balaban J connectivity index is 1.76. The van der Waals surface area contributed by atoms with Crippen molar-refractivity contribution in [3.8, 4) is 11.5 Å². The fourth-order valence-electron chi connectivity index (χ4n) is 3.87. The summed E-state index contributed by atoms with van der Waals surface area (Å²) in [7, 11) is 4.78. The first-order valence-corrected chi connectivity index (χ1v) is 12.4. The van der Waals surface area contributed by atoms with Crippen LogP contribution in [0.5, 0.6) is 11.5 Å². The van der Waals surface area contributed by atoms with E-state index in [1.165, 1.54) is 0 Å². The van der Waals surface area contributed by atoms with Crippen LogP contribution in [0.4, 0.5) is 0 Å². The van der Waals surface area contributed by atoms with E-state index in [1.807, 2.05) is 24.3 Å². The Labute approximate surface area is 222 Å². The summed E-state index contributed by atoms with van der Waals surface area (Å²) in [4.78, 5) is 30.1. The molecule has 2 amide bonds. The van der Waals surface area contributed by atoms with Crippen molar-refractivity contribution in [1.82, 2.24) is 9.80 Å².